The molecular formula is C4H7NO3. The molecule has 46 valence electrons. The number of rotatable bonds is 3. The van der Waals surface area contributed by atoms with Crippen molar-refractivity contribution in [1.82, 2.24) is 0 Å². The van der Waals surface area contributed by atoms with Gasteiger partial charge in [-0.1, -0.05) is 0 Å². The van der Waals surface area contributed by atoms with E-state index in [1.165, 1.54) is 6.08 Å². The molecule has 0 rings (SSSR count). The van der Waals surface area contributed by atoms with Crippen molar-refractivity contribution < 1.29 is 15.0 Å². The van der Waals surface area contributed by atoms with Crippen LogP contribution >= 0.6 is 0 Å². The third-order valence-electron chi connectivity index (χ3n) is 0.589. The summed E-state index contributed by atoms with van der Waals surface area (Å²) < 4.78 is 0. The van der Waals surface area contributed by atoms with Crippen LogP contribution in [0.3, 0.4) is 0 Å². The fraction of sp³-hybridized carbons (Fsp3) is 0.750. The Morgan fingerprint density at radius 3 is 2.75 bits per heavy atom. The summed E-state index contributed by atoms with van der Waals surface area (Å²) in [4.78, 5) is 12.3. The predicted molar refractivity (Wildman–Crippen MR) is 25.8 cm³/mol. The number of nitrogens with zero attached hydrogens (tertiary/aromatic N) is 1. The maximum absolute atomic E-state index is 9.36. The molecule has 4 heteroatoms. The quantitative estimate of drug-likeness (QED) is 0.369. The lowest BCUT2D eigenvalue weighted by Gasteiger charge is -1.95. The number of aliphatic imine (C=N–C) groups is 1. The first kappa shape index (κ1) is 7.30. The highest BCUT2D eigenvalue weighted by molar-refractivity contribution is 5.33. The Balaban J connectivity index is 3.31. The molecular weight excluding hydrogens is 110 g/mol. The number of aliphatic hydroxyl groups is 2. The van der Waals surface area contributed by atoms with Crippen LogP contribution in [0, 0.1) is 0 Å². The van der Waals surface area contributed by atoms with Crippen LogP contribution in [-0.2, 0) is 4.79 Å². The van der Waals surface area contributed by atoms with E-state index in [-0.39, 0.29) is 13.0 Å². The van der Waals surface area contributed by atoms with Crippen LogP contribution in [0.1, 0.15) is 6.42 Å². The Kier molecular flexibility index (Phi) is 4.07. The van der Waals surface area contributed by atoms with Gasteiger partial charge in [0.05, 0.1) is 0 Å². The number of hydrogen-bond acceptors (Lipinski definition) is 4. The molecule has 0 aromatic rings. The van der Waals surface area contributed by atoms with Crippen molar-refractivity contribution in [3.63, 3.8) is 0 Å². The van der Waals surface area contributed by atoms with Crippen molar-refractivity contribution in [3.05, 3.63) is 0 Å². The van der Waals surface area contributed by atoms with Gasteiger partial charge in [0.2, 0.25) is 6.08 Å². The standard InChI is InChI=1S/C4H7NO3/c6-2-1-4(8)5-3-7/h4,6,8H,1-2H2. The third kappa shape index (κ3) is 3.49. The average Bonchev–Trinajstić information content (AvgIpc) is 1.68. The molecule has 0 aromatic heterocycles. The topological polar surface area (TPSA) is 69.9 Å². The van der Waals surface area contributed by atoms with Gasteiger partial charge in [0.25, 0.3) is 0 Å². The molecule has 0 bridgehead atoms. The monoisotopic (exact) mass is 117 g/mol. The fourth-order valence-corrected chi connectivity index (χ4v) is 0.241. The Bertz CT molecular complexity index is 97.5. The van der Waals surface area contributed by atoms with Crippen LogP contribution in [0.2, 0.25) is 0 Å². The van der Waals surface area contributed by atoms with Gasteiger partial charge in [-0.2, -0.15) is 4.99 Å². The molecule has 1 atom stereocenters. The fourth-order valence-electron chi connectivity index (χ4n) is 0.241. The minimum absolute atomic E-state index is 0.0925. The summed E-state index contributed by atoms with van der Waals surface area (Å²) in [5.41, 5.74) is 0. The number of aliphatic hydroxyl groups excluding tert-OH is 2. The van der Waals surface area contributed by atoms with Gasteiger partial charge in [-0.3, -0.25) is 0 Å². The van der Waals surface area contributed by atoms with E-state index in [2.05, 4.69) is 4.99 Å². The summed E-state index contributed by atoms with van der Waals surface area (Å²) >= 11 is 0. The van der Waals surface area contributed by atoms with Crippen LogP contribution in [0.4, 0.5) is 0 Å². The van der Waals surface area contributed by atoms with Crippen LogP contribution in [0.5, 0.6) is 0 Å². The Morgan fingerprint density at radius 1 is 1.75 bits per heavy atom. The largest absolute Gasteiger partial charge is 0.396 e. The summed E-state index contributed by atoms with van der Waals surface area (Å²) in [5, 5.41) is 16.6. The van der Waals surface area contributed by atoms with Gasteiger partial charge >= 0.3 is 0 Å². The normalized spacial score (nSPS) is 12.2. The van der Waals surface area contributed by atoms with E-state index in [9.17, 15) is 4.79 Å². The minimum Gasteiger partial charge on any atom is -0.396 e. The van der Waals surface area contributed by atoms with Gasteiger partial charge in [-0.15, -0.1) is 0 Å². The number of isocyanates is 1. The Labute approximate surface area is 46.5 Å². The second-order valence-corrected chi connectivity index (χ2v) is 1.21. The zero-order valence-electron chi connectivity index (χ0n) is 4.24. The van der Waals surface area contributed by atoms with Crippen LogP contribution < -0.4 is 0 Å². The molecule has 0 aliphatic carbocycles. The summed E-state index contributed by atoms with van der Waals surface area (Å²) in [5.74, 6) is 0. The molecule has 0 saturated heterocycles. The van der Waals surface area contributed by atoms with Gasteiger partial charge in [0.15, 0.2) is 6.23 Å². The van der Waals surface area contributed by atoms with E-state index in [4.69, 9.17) is 10.2 Å². The first-order valence-electron chi connectivity index (χ1n) is 2.17. The summed E-state index contributed by atoms with van der Waals surface area (Å²) in [6.45, 7) is -0.174. The SMILES string of the molecule is O=C=NC(O)CCO. The van der Waals surface area contributed by atoms with Gasteiger partial charge < -0.3 is 10.2 Å². The second kappa shape index (κ2) is 4.46. The van der Waals surface area contributed by atoms with Crippen molar-refractivity contribution in [1.29, 1.82) is 0 Å². The van der Waals surface area contributed by atoms with E-state index in [0.717, 1.165) is 0 Å². The zero-order chi connectivity index (χ0) is 6.41. The molecule has 0 amide bonds. The van der Waals surface area contributed by atoms with Crippen LogP contribution in [0.15, 0.2) is 4.99 Å². The summed E-state index contributed by atoms with van der Waals surface area (Å²) in [6.07, 6.45) is 0.173. The van der Waals surface area contributed by atoms with E-state index >= 15 is 0 Å². The highest BCUT2D eigenvalue weighted by atomic mass is 16.3. The highest BCUT2D eigenvalue weighted by Crippen LogP contribution is 1.87. The molecule has 0 spiro atoms. The minimum atomic E-state index is -1.09. The predicted octanol–water partition coefficient (Wildman–Crippen LogP) is -0.977. The van der Waals surface area contributed by atoms with E-state index < -0.39 is 6.23 Å². The van der Waals surface area contributed by atoms with E-state index in [1.54, 1.807) is 0 Å². The Morgan fingerprint density at radius 2 is 2.38 bits per heavy atom. The average molecular weight is 117 g/mol. The molecule has 0 aliphatic heterocycles. The summed E-state index contributed by atoms with van der Waals surface area (Å²) in [6, 6.07) is 0. The molecule has 1 unspecified atom stereocenters. The maximum Gasteiger partial charge on any atom is 0.237 e. The van der Waals surface area contributed by atoms with E-state index in [0.29, 0.717) is 0 Å². The maximum atomic E-state index is 9.36. The lowest BCUT2D eigenvalue weighted by molar-refractivity contribution is 0.140. The molecule has 0 fully saturated rings. The first-order valence-corrected chi connectivity index (χ1v) is 2.17. The molecule has 2 N–H and O–H groups in total. The van der Waals surface area contributed by atoms with Crippen LogP contribution in [-0.4, -0.2) is 29.1 Å². The van der Waals surface area contributed by atoms with Crippen molar-refractivity contribution in [2.75, 3.05) is 6.61 Å². The van der Waals surface area contributed by atoms with Gasteiger partial charge in [0, 0.05) is 13.0 Å². The molecule has 4 nitrogen and oxygen atoms in total. The Hall–Kier alpha value is -0.700. The van der Waals surface area contributed by atoms with Crippen molar-refractivity contribution in [2.24, 2.45) is 4.99 Å². The van der Waals surface area contributed by atoms with Gasteiger partial charge in [-0.05, 0) is 0 Å². The van der Waals surface area contributed by atoms with Gasteiger partial charge in [-0.25, -0.2) is 4.79 Å². The van der Waals surface area contributed by atoms with Gasteiger partial charge in [0.1, 0.15) is 0 Å². The van der Waals surface area contributed by atoms with Crippen molar-refractivity contribution in [2.45, 2.75) is 12.6 Å². The highest BCUT2D eigenvalue weighted by Gasteiger charge is 1.95. The third-order valence-corrected chi connectivity index (χ3v) is 0.589. The zero-order valence-corrected chi connectivity index (χ0v) is 4.24. The van der Waals surface area contributed by atoms with Crippen LogP contribution in [0.25, 0.3) is 0 Å². The molecule has 0 radical (unpaired) electrons. The summed E-state index contributed by atoms with van der Waals surface area (Å²) in [7, 11) is 0. The number of carbonyl (C=O) groups excluding carboxylic acids is 1. The molecule has 0 aromatic carbocycles. The lowest BCUT2D eigenvalue weighted by Crippen LogP contribution is -2.03. The molecule has 0 saturated carbocycles. The van der Waals surface area contributed by atoms with Crippen molar-refractivity contribution >= 4 is 6.08 Å². The molecule has 0 aliphatic rings. The smallest absolute Gasteiger partial charge is 0.237 e. The molecule has 8 heavy (non-hydrogen) atoms. The first-order chi connectivity index (χ1) is 3.81. The second-order valence-electron chi connectivity index (χ2n) is 1.21. The van der Waals surface area contributed by atoms with E-state index in [1.807, 2.05) is 0 Å². The number of hydrogen-bond donors (Lipinski definition) is 2. The molecule has 0 heterocycles. The lowest BCUT2D eigenvalue weighted by atomic mass is 10.4. The van der Waals surface area contributed by atoms with Crippen molar-refractivity contribution in [3.8, 4) is 0 Å².